The molecule has 0 bridgehead atoms. The van der Waals surface area contributed by atoms with Gasteiger partial charge in [-0.05, 0) is 61.4 Å². The van der Waals surface area contributed by atoms with Gasteiger partial charge in [0.25, 0.3) is 11.5 Å². The molecule has 0 saturated carbocycles. The standard InChI is InChI=1S/C27H20FN3O2S3/c1-16-3-10-20(11-4-16)35-24-21(25(32)30-14-17(2)5-12-23(30)29-24)13-22-26(33)31(27(34)36-22)15-18-6-8-19(28)9-7-18/h3-14H,15H2,1-2H3. The number of thioether (sulfide) groups is 1. The first-order chi connectivity index (χ1) is 17.3. The minimum atomic E-state index is -0.345. The van der Waals surface area contributed by atoms with E-state index >= 15 is 0 Å². The lowest BCUT2D eigenvalue weighted by Crippen LogP contribution is -2.27. The van der Waals surface area contributed by atoms with Crippen LogP contribution in [0.1, 0.15) is 22.3 Å². The van der Waals surface area contributed by atoms with Gasteiger partial charge >= 0.3 is 0 Å². The Hall–Kier alpha value is -3.27. The van der Waals surface area contributed by atoms with Crippen molar-refractivity contribution < 1.29 is 9.18 Å². The van der Waals surface area contributed by atoms with Crippen LogP contribution in [-0.2, 0) is 11.3 Å². The van der Waals surface area contributed by atoms with Crippen LogP contribution in [0, 0.1) is 19.7 Å². The smallest absolute Gasteiger partial charge is 0.266 e. The summed E-state index contributed by atoms with van der Waals surface area (Å²) in [7, 11) is 0. The molecular weight excluding hydrogens is 514 g/mol. The first-order valence-corrected chi connectivity index (χ1v) is 13.1. The summed E-state index contributed by atoms with van der Waals surface area (Å²) in [5, 5.41) is 0.511. The summed E-state index contributed by atoms with van der Waals surface area (Å²) < 4.78 is 15.2. The van der Waals surface area contributed by atoms with Crippen molar-refractivity contribution in [3.8, 4) is 0 Å². The van der Waals surface area contributed by atoms with Crippen LogP contribution in [0.25, 0.3) is 11.7 Å². The predicted molar refractivity (Wildman–Crippen MR) is 147 cm³/mol. The molecule has 2 aromatic carbocycles. The van der Waals surface area contributed by atoms with E-state index in [1.807, 2.05) is 50.2 Å². The molecule has 1 aliphatic rings. The monoisotopic (exact) mass is 533 g/mol. The number of thiocarbonyl (C=S) groups is 1. The number of amides is 1. The molecule has 1 fully saturated rings. The number of pyridine rings is 1. The molecule has 5 rings (SSSR count). The van der Waals surface area contributed by atoms with Crippen molar-refractivity contribution in [2.75, 3.05) is 0 Å². The molecule has 2 aromatic heterocycles. The van der Waals surface area contributed by atoms with Crippen LogP contribution in [0.2, 0.25) is 0 Å². The topological polar surface area (TPSA) is 54.7 Å². The second-order valence-electron chi connectivity index (χ2n) is 8.38. The molecule has 1 saturated heterocycles. The Morgan fingerprint density at radius 1 is 1.00 bits per heavy atom. The Morgan fingerprint density at radius 3 is 2.42 bits per heavy atom. The van der Waals surface area contributed by atoms with Crippen molar-refractivity contribution >= 4 is 57.7 Å². The summed E-state index contributed by atoms with van der Waals surface area (Å²) in [4.78, 5) is 34.4. The van der Waals surface area contributed by atoms with Crippen LogP contribution in [0.4, 0.5) is 4.39 Å². The molecular formula is C27H20FN3O2S3. The highest BCUT2D eigenvalue weighted by Gasteiger charge is 2.32. The molecule has 3 heterocycles. The van der Waals surface area contributed by atoms with E-state index in [1.165, 1.54) is 33.2 Å². The molecule has 9 heteroatoms. The minimum absolute atomic E-state index is 0.224. The maximum atomic E-state index is 13.6. The number of aryl methyl sites for hydroxylation is 2. The third-order valence-corrected chi connectivity index (χ3v) is 8.00. The maximum absolute atomic E-state index is 13.6. The van der Waals surface area contributed by atoms with E-state index < -0.39 is 0 Å². The molecule has 36 heavy (non-hydrogen) atoms. The zero-order chi connectivity index (χ0) is 25.4. The average Bonchev–Trinajstić information content (AvgIpc) is 3.12. The van der Waals surface area contributed by atoms with Gasteiger partial charge in [-0.2, -0.15) is 0 Å². The number of rotatable bonds is 5. The lowest BCUT2D eigenvalue weighted by molar-refractivity contribution is -0.122. The Kier molecular flexibility index (Phi) is 6.79. The molecule has 0 N–H and O–H groups in total. The zero-order valence-electron chi connectivity index (χ0n) is 19.4. The van der Waals surface area contributed by atoms with Crippen molar-refractivity contribution in [1.29, 1.82) is 0 Å². The molecule has 0 unspecified atom stereocenters. The van der Waals surface area contributed by atoms with Gasteiger partial charge in [-0.25, -0.2) is 9.37 Å². The number of fused-ring (bicyclic) bond motifs is 1. The highest BCUT2D eigenvalue weighted by molar-refractivity contribution is 8.26. The second-order valence-corrected chi connectivity index (χ2v) is 11.1. The van der Waals surface area contributed by atoms with Crippen molar-refractivity contribution in [3.63, 3.8) is 0 Å². The quantitative estimate of drug-likeness (QED) is 0.178. The summed E-state index contributed by atoms with van der Waals surface area (Å²) in [6, 6.07) is 17.6. The Balaban J connectivity index is 1.56. The normalized spacial score (nSPS) is 14.9. The Bertz CT molecular complexity index is 1600. The molecule has 1 amide bonds. The number of hydrogen-bond donors (Lipinski definition) is 0. The predicted octanol–water partition coefficient (Wildman–Crippen LogP) is 6.00. The number of aromatic nitrogens is 2. The number of carbonyl (C=O) groups excluding carboxylic acids is 1. The van der Waals surface area contributed by atoms with Crippen LogP contribution in [0.5, 0.6) is 0 Å². The molecule has 1 aliphatic heterocycles. The van der Waals surface area contributed by atoms with Crippen molar-refractivity contribution in [2.24, 2.45) is 0 Å². The maximum Gasteiger partial charge on any atom is 0.266 e. The van der Waals surface area contributed by atoms with Crippen LogP contribution < -0.4 is 5.56 Å². The van der Waals surface area contributed by atoms with Gasteiger partial charge in [-0.15, -0.1) is 0 Å². The van der Waals surface area contributed by atoms with E-state index in [9.17, 15) is 14.0 Å². The summed E-state index contributed by atoms with van der Waals surface area (Å²) >= 11 is 7.98. The molecule has 0 aliphatic carbocycles. The molecule has 5 nitrogen and oxygen atoms in total. The fourth-order valence-electron chi connectivity index (χ4n) is 3.70. The fourth-order valence-corrected chi connectivity index (χ4v) is 5.83. The number of carbonyl (C=O) groups is 1. The average molecular weight is 534 g/mol. The molecule has 180 valence electrons. The number of benzene rings is 2. The highest BCUT2D eigenvalue weighted by Crippen LogP contribution is 2.36. The lowest BCUT2D eigenvalue weighted by atomic mass is 10.2. The zero-order valence-corrected chi connectivity index (χ0v) is 21.8. The lowest BCUT2D eigenvalue weighted by Gasteiger charge is -2.14. The third-order valence-electron chi connectivity index (χ3n) is 5.61. The van der Waals surface area contributed by atoms with Crippen LogP contribution in [-0.4, -0.2) is 24.5 Å². The number of nitrogens with zero attached hydrogens (tertiary/aromatic N) is 3. The van der Waals surface area contributed by atoms with Crippen molar-refractivity contribution in [1.82, 2.24) is 14.3 Å². The van der Waals surface area contributed by atoms with Gasteiger partial charge in [0.05, 0.1) is 17.0 Å². The van der Waals surface area contributed by atoms with Gasteiger partial charge in [0.15, 0.2) is 0 Å². The van der Waals surface area contributed by atoms with Crippen molar-refractivity contribution in [3.05, 3.63) is 110 Å². The van der Waals surface area contributed by atoms with E-state index in [-0.39, 0.29) is 23.8 Å². The van der Waals surface area contributed by atoms with Gasteiger partial charge in [-0.1, -0.05) is 71.6 Å². The van der Waals surface area contributed by atoms with Crippen LogP contribution in [0.15, 0.2) is 86.5 Å². The molecule has 0 atom stereocenters. The van der Waals surface area contributed by atoms with Crippen LogP contribution in [0.3, 0.4) is 0 Å². The Labute approximate surface area is 221 Å². The SMILES string of the molecule is Cc1ccc(Sc2nc3ccc(C)cn3c(=O)c2C=C2SC(=S)N(Cc3ccc(F)cc3)C2=O)cc1. The first-order valence-electron chi connectivity index (χ1n) is 11.1. The first kappa shape index (κ1) is 24.4. The van der Waals surface area contributed by atoms with E-state index in [0.29, 0.717) is 25.5 Å². The molecule has 0 radical (unpaired) electrons. The third kappa shape index (κ3) is 5.00. The molecule has 4 aromatic rings. The number of hydrogen-bond acceptors (Lipinski definition) is 6. The van der Waals surface area contributed by atoms with Gasteiger partial charge in [0.2, 0.25) is 0 Å². The summed E-state index contributed by atoms with van der Waals surface area (Å²) in [5.41, 5.74) is 3.40. The summed E-state index contributed by atoms with van der Waals surface area (Å²) in [6.45, 7) is 4.14. The van der Waals surface area contributed by atoms with E-state index in [1.54, 1.807) is 24.4 Å². The van der Waals surface area contributed by atoms with Crippen LogP contribution >= 0.6 is 35.7 Å². The fraction of sp³-hybridized carbons (Fsp3) is 0.111. The molecule has 0 spiro atoms. The Morgan fingerprint density at radius 2 is 1.69 bits per heavy atom. The summed E-state index contributed by atoms with van der Waals surface area (Å²) in [6.07, 6.45) is 3.33. The van der Waals surface area contributed by atoms with Gasteiger partial charge < -0.3 is 0 Å². The van der Waals surface area contributed by atoms with Gasteiger partial charge in [-0.3, -0.25) is 18.9 Å². The largest absolute Gasteiger partial charge is 0.288 e. The summed E-state index contributed by atoms with van der Waals surface area (Å²) in [5.74, 6) is -0.642. The number of halogens is 1. The van der Waals surface area contributed by atoms with E-state index in [2.05, 4.69) is 0 Å². The second kappa shape index (κ2) is 10.0. The van der Waals surface area contributed by atoms with E-state index in [4.69, 9.17) is 17.2 Å². The van der Waals surface area contributed by atoms with Crippen molar-refractivity contribution in [2.45, 2.75) is 30.3 Å². The van der Waals surface area contributed by atoms with Gasteiger partial charge in [0, 0.05) is 11.1 Å². The van der Waals surface area contributed by atoms with Gasteiger partial charge in [0.1, 0.15) is 20.8 Å². The minimum Gasteiger partial charge on any atom is -0.288 e. The van der Waals surface area contributed by atoms with E-state index in [0.717, 1.165) is 33.3 Å². The highest BCUT2D eigenvalue weighted by atomic mass is 32.2.